The molecule has 2 nitrogen and oxygen atoms in total. The number of benzene rings is 1. The number of nitrogens with two attached hydrogens (primary N) is 1. The van der Waals surface area contributed by atoms with Gasteiger partial charge in [-0.15, -0.1) is 11.8 Å². The van der Waals surface area contributed by atoms with Gasteiger partial charge in [0.15, 0.2) is 0 Å². The molecule has 1 heterocycles. The molecule has 0 saturated carbocycles. The molecule has 1 aromatic heterocycles. The largest absolute Gasteiger partial charge is 0.417 e. The van der Waals surface area contributed by atoms with Gasteiger partial charge in [0.1, 0.15) is 5.69 Å². The molecular formula is C17H12F6N2S. The summed E-state index contributed by atoms with van der Waals surface area (Å²) in [6.07, 6.45) is -8.45. The normalized spacial score (nSPS) is 11.8. The molecule has 0 aliphatic rings. The number of anilines is 1. The first-order valence-corrected chi connectivity index (χ1v) is 8.19. The Hall–Kier alpha value is -2.34. The summed E-state index contributed by atoms with van der Waals surface area (Å²) in [5, 5.41) is 0. The molecule has 26 heavy (non-hydrogen) atoms. The average molecular weight is 390 g/mol. The van der Waals surface area contributed by atoms with Crippen molar-refractivity contribution in [2.75, 3.05) is 11.5 Å². The van der Waals surface area contributed by atoms with Gasteiger partial charge in [0, 0.05) is 16.7 Å². The maximum absolute atomic E-state index is 12.8. The second-order valence-electron chi connectivity index (χ2n) is 5.05. The zero-order valence-electron chi connectivity index (χ0n) is 13.3. The third kappa shape index (κ3) is 4.85. The van der Waals surface area contributed by atoms with E-state index in [0.29, 0.717) is 28.5 Å². The van der Waals surface area contributed by atoms with Gasteiger partial charge in [0.25, 0.3) is 0 Å². The zero-order chi connectivity index (χ0) is 19.5. The van der Waals surface area contributed by atoms with Crippen molar-refractivity contribution in [2.45, 2.75) is 24.2 Å². The highest BCUT2D eigenvalue weighted by atomic mass is 32.2. The van der Waals surface area contributed by atoms with Gasteiger partial charge in [0.05, 0.1) is 16.8 Å². The van der Waals surface area contributed by atoms with E-state index < -0.39 is 23.5 Å². The van der Waals surface area contributed by atoms with E-state index in [1.54, 1.807) is 6.92 Å². The van der Waals surface area contributed by atoms with E-state index in [-0.39, 0.29) is 11.4 Å². The van der Waals surface area contributed by atoms with E-state index in [0.717, 1.165) is 12.1 Å². The molecule has 138 valence electrons. The van der Waals surface area contributed by atoms with Crippen molar-refractivity contribution in [1.82, 2.24) is 4.98 Å². The Morgan fingerprint density at radius 2 is 1.65 bits per heavy atom. The summed E-state index contributed by atoms with van der Waals surface area (Å²) in [5.41, 5.74) is 3.71. The second kappa shape index (κ2) is 7.50. The van der Waals surface area contributed by atoms with E-state index >= 15 is 0 Å². The molecule has 9 heteroatoms. The average Bonchev–Trinajstić information content (AvgIpc) is 2.53. The molecular weight excluding hydrogens is 378 g/mol. The molecule has 2 aromatic rings. The Morgan fingerprint density at radius 1 is 1.00 bits per heavy atom. The molecule has 0 fully saturated rings. The number of aromatic nitrogens is 1. The first-order valence-electron chi connectivity index (χ1n) is 7.21. The van der Waals surface area contributed by atoms with Crippen LogP contribution in [-0.4, -0.2) is 10.7 Å². The van der Waals surface area contributed by atoms with Crippen LogP contribution in [-0.2, 0) is 12.4 Å². The minimum Gasteiger partial charge on any atom is -0.396 e. The Labute approximate surface area is 149 Å². The van der Waals surface area contributed by atoms with E-state index in [4.69, 9.17) is 5.73 Å². The summed E-state index contributed by atoms with van der Waals surface area (Å²) in [6.45, 7) is 1.78. The molecule has 0 saturated heterocycles. The predicted octanol–water partition coefficient (Wildman–Crippen LogP) is 5.21. The van der Waals surface area contributed by atoms with Crippen molar-refractivity contribution in [2.24, 2.45) is 0 Å². The third-order valence-electron chi connectivity index (χ3n) is 3.17. The summed E-state index contributed by atoms with van der Waals surface area (Å²) >= 11 is 1.17. The number of thioether (sulfide) groups is 1. The van der Waals surface area contributed by atoms with E-state index in [1.165, 1.54) is 17.8 Å². The Morgan fingerprint density at radius 3 is 2.19 bits per heavy atom. The lowest BCUT2D eigenvalue weighted by Gasteiger charge is -2.10. The van der Waals surface area contributed by atoms with Gasteiger partial charge in [0.2, 0.25) is 0 Å². The van der Waals surface area contributed by atoms with Crippen molar-refractivity contribution >= 4 is 17.4 Å². The van der Waals surface area contributed by atoms with Crippen LogP contribution < -0.4 is 5.73 Å². The molecule has 0 atom stereocenters. The fraction of sp³-hybridized carbons (Fsp3) is 0.235. The second-order valence-corrected chi connectivity index (χ2v) is 6.36. The molecule has 2 N–H and O–H groups in total. The summed E-state index contributed by atoms with van der Waals surface area (Å²) in [4.78, 5) is 3.91. The molecule has 2 rings (SSSR count). The highest BCUT2D eigenvalue weighted by molar-refractivity contribution is 7.99. The van der Waals surface area contributed by atoms with Gasteiger partial charge in [-0.25, -0.2) is 4.98 Å². The topological polar surface area (TPSA) is 38.9 Å². The Balaban J connectivity index is 2.40. The number of halogens is 6. The number of pyridine rings is 1. The van der Waals surface area contributed by atoms with Crippen LogP contribution in [0.25, 0.3) is 0 Å². The van der Waals surface area contributed by atoms with Crippen LogP contribution in [0.3, 0.4) is 0 Å². The molecule has 0 bridgehead atoms. The van der Waals surface area contributed by atoms with Crippen molar-refractivity contribution in [1.29, 1.82) is 0 Å². The predicted molar refractivity (Wildman–Crippen MR) is 87.5 cm³/mol. The zero-order valence-corrected chi connectivity index (χ0v) is 14.1. The van der Waals surface area contributed by atoms with Gasteiger partial charge in [-0.1, -0.05) is 12.8 Å². The van der Waals surface area contributed by atoms with Crippen LogP contribution in [0, 0.1) is 11.8 Å². The number of nitrogen functional groups attached to an aromatic ring is 1. The van der Waals surface area contributed by atoms with E-state index in [9.17, 15) is 26.3 Å². The highest BCUT2D eigenvalue weighted by Crippen LogP contribution is 2.34. The number of rotatable bonds is 2. The molecule has 0 spiro atoms. The molecule has 0 radical (unpaired) electrons. The van der Waals surface area contributed by atoms with Crippen molar-refractivity contribution < 1.29 is 26.3 Å². The number of nitrogens with zero attached hydrogens (tertiary/aromatic N) is 1. The number of alkyl halides is 6. The molecule has 0 amide bonds. The Bertz CT molecular complexity index is 862. The fourth-order valence-corrected chi connectivity index (χ4v) is 2.74. The fourth-order valence-electron chi connectivity index (χ4n) is 1.94. The lowest BCUT2D eigenvalue weighted by atomic mass is 10.1. The van der Waals surface area contributed by atoms with Gasteiger partial charge < -0.3 is 5.73 Å². The minimum absolute atomic E-state index is 0.0784. The number of hydrogen-bond donors (Lipinski definition) is 1. The van der Waals surface area contributed by atoms with Gasteiger partial charge >= 0.3 is 12.4 Å². The SMILES string of the molecule is CCSc1cc(C(F)(F)F)ccc1C#Cc1ncc(C(F)(F)F)cc1N. The monoisotopic (exact) mass is 390 g/mol. The first kappa shape index (κ1) is 20.0. The maximum atomic E-state index is 12.8. The lowest BCUT2D eigenvalue weighted by Crippen LogP contribution is -2.07. The van der Waals surface area contributed by atoms with Crippen LogP contribution in [0.1, 0.15) is 29.3 Å². The lowest BCUT2D eigenvalue weighted by molar-refractivity contribution is -0.138. The van der Waals surface area contributed by atoms with Crippen LogP contribution in [0.2, 0.25) is 0 Å². The molecule has 1 aromatic carbocycles. The van der Waals surface area contributed by atoms with Crippen molar-refractivity contribution in [3.63, 3.8) is 0 Å². The summed E-state index contributed by atoms with van der Waals surface area (Å²) in [6, 6.07) is 3.81. The minimum atomic E-state index is -4.58. The van der Waals surface area contributed by atoms with Crippen LogP contribution in [0.15, 0.2) is 35.4 Å². The summed E-state index contributed by atoms with van der Waals surface area (Å²) in [5.74, 6) is 5.67. The van der Waals surface area contributed by atoms with Gasteiger partial charge in [-0.2, -0.15) is 26.3 Å². The van der Waals surface area contributed by atoms with Crippen LogP contribution in [0.5, 0.6) is 0 Å². The number of hydrogen-bond acceptors (Lipinski definition) is 3. The molecule has 0 aliphatic heterocycles. The standard InChI is InChI=1S/C17H12F6N2S/c1-2-26-15-8-11(16(18,19)20)5-3-10(15)4-6-14-13(24)7-12(9-25-14)17(21,22)23/h3,5,7-9H,2,24H2,1H3. The van der Waals surface area contributed by atoms with Crippen LogP contribution >= 0.6 is 11.8 Å². The van der Waals surface area contributed by atoms with E-state index in [1.807, 2.05) is 0 Å². The van der Waals surface area contributed by atoms with Crippen LogP contribution in [0.4, 0.5) is 32.0 Å². The third-order valence-corrected chi connectivity index (χ3v) is 4.11. The van der Waals surface area contributed by atoms with Gasteiger partial charge in [-0.05, 0) is 35.9 Å². The quantitative estimate of drug-likeness (QED) is 0.435. The van der Waals surface area contributed by atoms with Crippen molar-refractivity contribution in [3.8, 4) is 11.8 Å². The summed E-state index contributed by atoms with van der Waals surface area (Å²) in [7, 11) is 0. The summed E-state index contributed by atoms with van der Waals surface area (Å²) < 4.78 is 76.2. The van der Waals surface area contributed by atoms with Gasteiger partial charge in [-0.3, -0.25) is 0 Å². The molecule has 0 unspecified atom stereocenters. The van der Waals surface area contributed by atoms with E-state index in [2.05, 4.69) is 16.8 Å². The smallest absolute Gasteiger partial charge is 0.396 e. The first-order chi connectivity index (χ1) is 12.0. The molecule has 0 aliphatic carbocycles. The maximum Gasteiger partial charge on any atom is 0.417 e. The highest BCUT2D eigenvalue weighted by Gasteiger charge is 2.32. The van der Waals surface area contributed by atoms with Crippen molar-refractivity contribution in [3.05, 3.63) is 52.8 Å². The Kier molecular flexibility index (Phi) is 5.76.